The molecule has 3 N–H and O–H groups in total. The summed E-state index contributed by atoms with van der Waals surface area (Å²) in [5, 5.41) is 13.8. The fraction of sp³-hybridized carbons (Fsp3) is 0.545. The van der Waals surface area contributed by atoms with E-state index in [2.05, 4.69) is 10.3 Å². The molecule has 1 rings (SSSR count). The molecule has 0 aliphatic carbocycles. The van der Waals surface area contributed by atoms with Crippen molar-refractivity contribution in [2.75, 3.05) is 11.9 Å². The maximum absolute atomic E-state index is 10.5. The Hall–Kier alpha value is -1.40. The molecule has 0 saturated heterocycles. The standard InChI is InChI=1S/C11H17ClN4O2/c1-3-11(13,4-2)7-15-10-9(12)5-8(6-14-10)16(17)18/h5-6H,3-4,7,13H2,1-2H3,(H,14,15). The Morgan fingerprint density at radius 1 is 1.56 bits per heavy atom. The first-order valence-corrected chi connectivity index (χ1v) is 6.12. The molecule has 0 aliphatic heterocycles. The largest absolute Gasteiger partial charge is 0.367 e. The lowest BCUT2D eigenvalue weighted by Crippen LogP contribution is -2.45. The minimum Gasteiger partial charge on any atom is -0.367 e. The smallest absolute Gasteiger partial charge is 0.289 e. The SMILES string of the molecule is CCC(N)(CC)CNc1ncc([N+](=O)[O-])cc1Cl. The van der Waals surface area contributed by atoms with E-state index < -0.39 is 4.92 Å². The molecule has 7 heteroatoms. The Balaban J connectivity index is 2.77. The van der Waals surface area contributed by atoms with Gasteiger partial charge in [-0.05, 0) is 12.8 Å². The van der Waals surface area contributed by atoms with Gasteiger partial charge in [0.25, 0.3) is 5.69 Å². The normalized spacial score (nSPS) is 11.3. The van der Waals surface area contributed by atoms with Gasteiger partial charge in [0.15, 0.2) is 0 Å². The van der Waals surface area contributed by atoms with Crippen molar-refractivity contribution < 1.29 is 4.92 Å². The van der Waals surface area contributed by atoms with Crippen LogP contribution in [0.15, 0.2) is 12.3 Å². The Labute approximate surface area is 111 Å². The number of aromatic nitrogens is 1. The number of nitrogens with zero attached hydrogens (tertiary/aromatic N) is 2. The fourth-order valence-electron chi connectivity index (χ4n) is 1.42. The molecule has 100 valence electrons. The van der Waals surface area contributed by atoms with Crippen LogP contribution in [-0.4, -0.2) is 22.0 Å². The van der Waals surface area contributed by atoms with Crippen molar-refractivity contribution in [2.24, 2.45) is 5.73 Å². The molecule has 0 radical (unpaired) electrons. The summed E-state index contributed by atoms with van der Waals surface area (Å²) in [5.41, 5.74) is 5.68. The molecule has 6 nitrogen and oxygen atoms in total. The highest BCUT2D eigenvalue weighted by atomic mass is 35.5. The van der Waals surface area contributed by atoms with Gasteiger partial charge < -0.3 is 11.1 Å². The zero-order valence-corrected chi connectivity index (χ0v) is 11.2. The number of hydrogen-bond acceptors (Lipinski definition) is 5. The van der Waals surface area contributed by atoms with Crippen molar-refractivity contribution >= 4 is 23.1 Å². The Kier molecular flexibility index (Phi) is 4.86. The van der Waals surface area contributed by atoms with Crippen LogP contribution in [0.5, 0.6) is 0 Å². The van der Waals surface area contributed by atoms with E-state index in [0.717, 1.165) is 12.8 Å². The van der Waals surface area contributed by atoms with Crippen molar-refractivity contribution in [3.05, 3.63) is 27.4 Å². The van der Waals surface area contributed by atoms with Crippen LogP contribution < -0.4 is 11.1 Å². The topological polar surface area (TPSA) is 94.1 Å². The molecule has 18 heavy (non-hydrogen) atoms. The molecule has 0 amide bonds. The minimum atomic E-state index is -0.534. The molecule has 0 fully saturated rings. The van der Waals surface area contributed by atoms with Gasteiger partial charge in [-0.1, -0.05) is 25.4 Å². The number of nitrogens with one attached hydrogen (secondary N) is 1. The second-order valence-electron chi connectivity index (χ2n) is 4.20. The summed E-state index contributed by atoms with van der Waals surface area (Å²) in [6.45, 7) is 4.54. The molecule has 0 aromatic carbocycles. The molecule has 0 aliphatic rings. The molecule has 1 heterocycles. The highest BCUT2D eigenvalue weighted by Gasteiger charge is 2.20. The van der Waals surface area contributed by atoms with E-state index in [-0.39, 0.29) is 16.2 Å². The third-order valence-corrected chi connectivity index (χ3v) is 3.34. The summed E-state index contributed by atoms with van der Waals surface area (Å²) in [4.78, 5) is 13.9. The van der Waals surface area contributed by atoms with E-state index >= 15 is 0 Å². The van der Waals surface area contributed by atoms with Crippen LogP contribution in [0.2, 0.25) is 5.02 Å². The number of hydrogen-bond donors (Lipinski definition) is 2. The zero-order chi connectivity index (χ0) is 13.8. The Bertz CT molecular complexity index is 435. The molecular formula is C11H17ClN4O2. The second kappa shape index (κ2) is 5.97. The zero-order valence-electron chi connectivity index (χ0n) is 10.4. The summed E-state index contributed by atoms with van der Waals surface area (Å²) in [7, 11) is 0. The van der Waals surface area contributed by atoms with Crippen molar-refractivity contribution in [3.8, 4) is 0 Å². The summed E-state index contributed by atoms with van der Waals surface area (Å²) in [6, 6.07) is 1.27. The predicted molar refractivity (Wildman–Crippen MR) is 71.9 cm³/mol. The first kappa shape index (κ1) is 14.7. The molecule has 0 atom stereocenters. The molecule has 0 spiro atoms. The van der Waals surface area contributed by atoms with Crippen LogP contribution in [0.1, 0.15) is 26.7 Å². The fourth-order valence-corrected chi connectivity index (χ4v) is 1.64. The highest BCUT2D eigenvalue weighted by molar-refractivity contribution is 6.33. The van der Waals surface area contributed by atoms with Crippen LogP contribution in [0.4, 0.5) is 11.5 Å². The number of nitro groups is 1. The van der Waals surface area contributed by atoms with E-state index in [1.54, 1.807) is 0 Å². The lowest BCUT2D eigenvalue weighted by molar-refractivity contribution is -0.385. The summed E-state index contributed by atoms with van der Waals surface area (Å²) in [5.74, 6) is 0.416. The maximum atomic E-state index is 10.5. The highest BCUT2D eigenvalue weighted by Crippen LogP contribution is 2.24. The first-order valence-electron chi connectivity index (χ1n) is 5.74. The van der Waals surface area contributed by atoms with Gasteiger partial charge in [0, 0.05) is 18.2 Å². The minimum absolute atomic E-state index is 0.129. The van der Waals surface area contributed by atoms with Crippen molar-refractivity contribution in [1.29, 1.82) is 0 Å². The lowest BCUT2D eigenvalue weighted by atomic mass is 9.94. The summed E-state index contributed by atoms with van der Waals surface area (Å²) in [6.07, 6.45) is 2.81. The number of nitrogens with two attached hydrogens (primary N) is 1. The lowest BCUT2D eigenvalue weighted by Gasteiger charge is -2.27. The third kappa shape index (κ3) is 3.54. The van der Waals surface area contributed by atoms with E-state index in [4.69, 9.17) is 17.3 Å². The summed E-state index contributed by atoms with van der Waals surface area (Å²) < 4.78 is 0. The summed E-state index contributed by atoms with van der Waals surface area (Å²) >= 11 is 5.92. The van der Waals surface area contributed by atoms with E-state index in [0.29, 0.717) is 12.4 Å². The quantitative estimate of drug-likeness (QED) is 0.613. The predicted octanol–water partition coefficient (Wildman–Crippen LogP) is 2.57. The van der Waals surface area contributed by atoms with Crippen LogP contribution >= 0.6 is 11.6 Å². The molecule has 0 bridgehead atoms. The Morgan fingerprint density at radius 3 is 2.61 bits per heavy atom. The second-order valence-corrected chi connectivity index (χ2v) is 4.61. The number of rotatable bonds is 6. The maximum Gasteiger partial charge on any atom is 0.289 e. The Morgan fingerprint density at radius 2 is 2.17 bits per heavy atom. The first-order chi connectivity index (χ1) is 8.41. The van der Waals surface area contributed by atoms with Crippen molar-refractivity contribution in [1.82, 2.24) is 4.98 Å². The number of pyridine rings is 1. The van der Waals surface area contributed by atoms with Crippen LogP contribution in [0.3, 0.4) is 0 Å². The van der Waals surface area contributed by atoms with Gasteiger partial charge in [-0.25, -0.2) is 4.98 Å². The van der Waals surface area contributed by atoms with Crippen molar-refractivity contribution in [3.63, 3.8) is 0 Å². The molecule has 1 aromatic rings. The molecular weight excluding hydrogens is 256 g/mol. The van der Waals surface area contributed by atoms with Crippen LogP contribution in [0, 0.1) is 10.1 Å². The monoisotopic (exact) mass is 272 g/mol. The average Bonchev–Trinajstić information content (AvgIpc) is 2.36. The van der Waals surface area contributed by atoms with Gasteiger partial charge in [-0.2, -0.15) is 0 Å². The number of anilines is 1. The van der Waals surface area contributed by atoms with Gasteiger partial charge in [0.1, 0.15) is 12.0 Å². The van der Waals surface area contributed by atoms with Gasteiger partial charge in [-0.3, -0.25) is 10.1 Å². The molecule has 0 unspecified atom stereocenters. The van der Waals surface area contributed by atoms with Gasteiger partial charge in [0.05, 0.1) is 9.95 Å². The van der Waals surface area contributed by atoms with Gasteiger partial charge >= 0.3 is 0 Å². The van der Waals surface area contributed by atoms with Gasteiger partial charge in [0.2, 0.25) is 0 Å². The van der Waals surface area contributed by atoms with E-state index in [1.807, 2.05) is 13.8 Å². The molecule has 1 aromatic heterocycles. The van der Waals surface area contributed by atoms with E-state index in [1.165, 1.54) is 12.3 Å². The van der Waals surface area contributed by atoms with Crippen LogP contribution in [0.25, 0.3) is 0 Å². The van der Waals surface area contributed by atoms with E-state index in [9.17, 15) is 10.1 Å². The van der Waals surface area contributed by atoms with Crippen molar-refractivity contribution in [2.45, 2.75) is 32.2 Å². The number of halogens is 1. The third-order valence-electron chi connectivity index (χ3n) is 3.05. The van der Waals surface area contributed by atoms with Gasteiger partial charge in [-0.15, -0.1) is 0 Å². The molecule has 0 saturated carbocycles. The van der Waals surface area contributed by atoms with Crippen LogP contribution in [-0.2, 0) is 0 Å². The average molecular weight is 273 g/mol.